The fourth-order valence-corrected chi connectivity index (χ4v) is 3.36. The molecule has 4 heteroatoms. The van der Waals surface area contributed by atoms with Gasteiger partial charge in [0, 0.05) is 19.3 Å². The third-order valence-electron chi connectivity index (χ3n) is 4.34. The lowest BCUT2D eigenvalue weighted by molar-refractivity contribution is -0.265. The highest BCUT2D eigenvalue weighted by atomic mass is 16.7. The third kappa shape index (κ3) is 5.71. The zero-order valence-corrected chi connectivity index (χ0v) is 15.2. The summed E-state index contributed by atoms with van der Waals surface area (Å²) >= 11 is 0. The van der Waals surface area contributed by atoms with Crippen molar-refractivity contribution in [1.29, 1.82) is 0 Å². The number of hydrogen-bond acceptors (Lipinski definition) is 4. The molecule has 0 aromatic carbocycles. The summed E-state index contributed by atoms with van der Waals surface area (Å²) in [7, 11) is 0. The Morgan fingerprint density at radius 3 is 2.09 bits per heavy atom. The molecule has 1 rings (SSSR count). The second kappa shape index (κ2) is 7.58. The van der Waals surface area contributed by atoms with Crippen LogP contribution in [-0.2, 0) is 14.4 Å². The van der Waals surface area contributed by atoms with Gasteiger partial charge in [0.2, 0.25) is 0 Å². The molecule has 22 heavy (non-hydrogen) atoms. The Balaban J connectivity index is 2.45. The van der Waals surface area contributed by atoms with Gasteiger partial charge < -0.3 is 4.84 Å². The topological polar surface area (TPSA) is 46.6 Å². The van der Waals surface area contributed by atoms with Crippen LogP contribution in [0.5, 0.6) is 0 Å². The first-order valence-corrected chi connectivity index (χ1v) is 8.57. The molecule has 0 bridgehead atoms. The van der Waals surface area contributed by atoms with Crippen LogP contribution in [0.4, 0.5) is 0 Å². The Bertz CT molecular complexity index is 383. The minimum absolute atomic E-state index is 0.134. The molecule has 128 valence electrons. The maximum atomic E-state index is 12.1. The summed E-state index contributed by atoms with van der Waals surface area (Å²) < 4.78 is 0. The number of ketones is 1. The highest BCUT2D eigenvalue weighted by Gasteiger charge is 2.44. The average molecular weight is 311 g/mol. The van der Waals surface area contributed by atoms with Crippen LogP contribution in [0.3, 0.4) is 0 Å². The summed E-state index contributed by atoms with van der Waals surface area (Å²) in [4.78, 5) is 29.5. The number of nitrogens with zero attached hydrogens (tertiary/aromatic N) is 1. The molecule has 0 amide bonds. The fraction of sp³-hybridized carbons (Fsp3) is 0.889. The molecule has 0 saturated carbocycles. The average Bonchev–Trinajstić information content (AvgIpc) is 2.32. The molecule has 0 aliphatic carbocycles. The van der Waals surface area contributed by atoms with Crippen LogP contribution in [-0.4, -0.2) is 27.9 Å². The van der Waals surface area contributed by atoms with Crippen molar-refractivity contribution >= 4 is 11.8 Å². The van der Waals surface area contributed by atoms with E-state index in [0.29, 0.717) is 31.6 Å². The van der Waals surface area contributed by atoms with E-state index in [4.69, 9.17) is 4.84 Å². The van der Waals surface area contributed by atoms with Gasteiger partial charge in [-0.25, -0.2) is 0 Å². The van der Waals surface area contributed by atoms with Gasteiger partial charge in [0.05, 0.1) is 11.1 Å². The van der Waals surface area contributed by atoms with Gasteiger partial charge in [-0.05, 0) is 59.3 Å². The van der Waals surface area contributed by atoms with Crippen LogP contribution in [0.15, 0.2) is 0 Å². The van der Waals surface area contributed by atoms with Gasteiger partial charge in [0.25, 0.3) is 0 Å². The second-order valence-corrected chi connectivity index (χ2v) is 8.23. The Hall–Kier alpha value is -0.900. The molecule has 0 aromatic heterocycles. The monoisotopic (exact) mass is 311 g/mol. The Labute approximate surface area is 135 Å². The number of hydrogen-bond donors (Lipinski definition) is 0. The molecule has 4 nitrogen and oxygen atoms in total. The van der Waals surface area contributed by atoms with Gasteiger partial charge in [0.1, 0.15) is 5.78 Å². The van der Waals surface area contributed by atoms with E-state index in [2.05, 4.69) is 27.7 Å². The Morgan fingerprint density at radius 1 is 1.05 bits per heavy atom. The van der Waals surface area contributed by atoms with Crippen molar-refractivity contribution in [3.63, 3.8) is 0 Å². The Morgan fingerprint density at radius 2 is 1.59 bits per heavy atom. The van der Waals surface area contributed by atoms with Crippen LogP contribution in [0, 0.1) is 5.92 Å². The van der Waals surface area contributed by atoms with Gasteiger partial charge in [-0.2, -0.15) is 0 Å². The quantitative estimate of drug-likeness (QED) is 0.704. The first-order chi connectivity index (χ1) is 10.0. The highest BCUT2D eigenvalue weighted by Crippen LogP contribution is 2.38. The van der Waals surface area contributed by atoms with E-state index >= 15 is 0 Å². The van der Waals surface area contributed by atoms with Crippen molar-refractivity contribution in [2.24, 2.45) is 5.92 Å². The summed E-state index contributed by atoms with van der Waals surface area (Å²) in [6.07, 6.45) is 5.16. The normalized spacial score (nSPS) is 20.9. The largest absolute Gasteiger partial charge is 0.367 e. The van der Waals surface area contributed by atoms with Crippen molar-refractivity contribution < 1.29 is 14.4 Å². The van der Waals surface area contributed by atoms with Crippen LogP contribution in [0.25, 0.3) is 0 Å². The van der Waals surface area contributed by atoms with Gasteiger partial charge in [-0.1, -0.05) is 13.8 Å². The lowest BCUT2D eigenvalue weighted by Crippen LogP contribution is -2.58. The standard InChI is InChI=1S/C18H33NO3/c1-14(2)13-15(20)9-7-10-16(21)22-19-17(3,4)11-8-12-18(19,5)6/h14H,7-13H2,1-6H3. The number of carbonyl (C=O) groups is 2. The van der Waals surface area contributed by atoms with Crippen molar-refractivity contribution in [2.45, 2.75) is 97.6 Å². The molecular weight excluding hydrogens is 278 g/mol. The molecule has 1 aliphatic rings. The van der Waals surface area contributed by atoms with Gasteiger partial charge in [-0.15, -0.1) is 5.06 Å². The molecule has 0 N–H and O–H groups in total. The second-order valence-electron chi connectivity index (χ2n) is 8.23. The molecule has 0 unspecified atom stereocenters. The van der Waals surface area contributed by atoms with E-state index in [1.54, 1.807) is 0 Å². The smallest absolute Gasteiger partial charge is 0.325 e. The lowest BCUT2D eigenvalue weighted by Gasteiger charge is -2.50. The molecule has 1 aliphatic heterocycles. The SMILES string of the molecule is CC(C)CC(=O)CCCC(=O)ON1C(C)(C)CCCC1(C)C. The highest BCUT2D eigenvalue weighted by molar-refractivity contribution is 5.79. The molecule has 0 aromatic rings. The fourth-order valence-electron chi connectivity index (χ4n) is 3.36. The third-order valence-corrected chi connectivity index (χ3v) is 4.34. The molecule has 1 fully saturated rings. The van der Waals surface area contributed by atoms with Gasteiger partial charge in [0.15, 0.2) is 0 Å². The van der Waals surface area contributed by atoms with Gasteiger partial charge in [-0.3, -0.25) is 9.59 Å². The van der Waals surface area contributed by atoms with Crippen LogP contribution in [0.2, 0.25) is 0 Å². The van der Waals surface area contributed by atoms with Crippen LogP contribution >= 0.6 is 0 Å². The van der Waals surface area contributed by atoms with Crippen molar-refractivity contribution in [3.8, 4) is 0 Å². The summed E-state index contributed by atoms with van der Waals surface area (Å²) in [5, 5.41) is 1.88. The van der Waals surface area contributed by atoms with E-state index < -0.39 is 0 Å². The van der Waals surface area contributed by atoms with E-state index in [0.717, 1.165) is 19.3 Å². The van der Waals surface area contributed by atoms with E-state index in [9.17, 15) is 9.59 Å². The van der Waals surface area contributed by atoms with E-state index in [1.807, 2.05) is 18.9 Å². The minimum atomic E-state index is -0.222. The first kappa shape index (κ1) is 19.1. The molecule has 1 saturated heterocycles. The molecular formula is C18H33NO3. The maximum absolute atomic E-state index is 12.1. The van der Waals surface area contributed by atoms with Gasteiger partial charge >= 0.3 is 5.97 Å². The van der Waals surface area contributed by atoms with Crippen LogP contribution in [0.1, 0.15) is 86.5 Å². The van der Waals surface area contributed by atoms with Crippen molar-refractivity contribution in [3.05, 3.63) is 0 Å². The lowest BCUT2D eigenvalue weighted by atomic mass is 9.82. The number of Topliss-reactive ketones (excluding diaryl/α,β-unsaturated/α-hetero) is 1. The van der Waals surface area contributed by atoms with Crippen LogP contribution < -0.4 is 0 Å². The predicted molar refractivity (Wildman–Crippen MR) is 88.3 cm³/mol. The zero-order valence-electron chi connectivity index (χ0n) is 15.2. The zero-order chi connectivity index (χ0) is 17.0. The maximum Gasteiger partial charge on any atom is 0.325 e. The first-order valence-electron chi connectivity index (χ1n) is 8.57. The summed E-state index contributed by atoms with van der Waals surface area (Å²) in [5.74, 6) is 0.399. The van der Waals surface area contributed by atoms with Crippen molar-refractivity contribution in [1.82, 2.24) is 5.06 Å². The Kier molecular flexibility index (Phi) is 6.60. The number of piperidine rings is 1. The van der Waals surface area contributed by atoms with E-state index in [-0.39, 0.29) is 22.8 Å². The summed E-state index contributed by atoms with van der Waals surface area (Å²) in [6.45, 7) is 12.5. The minimum Gasteiger partial charge on any atom is -0.367 e. The molecule has 0 spiro atoms. The van der Waals surface area contributed by atoms with Crippen molar-refractivity contribution in [2.75, 3.05) is 0 Å². The number of carbonyl (C=O) groups excluding carboxylic acids is 2. The number of rotatable bonds is 7. The summed E-state index contributed by atoms with van der Waals surface area (Å²) in [5.41, 5.74) is -0.268. The summed E-state index contributed by atoms with van der Waals surface area (Å²) in [6, 6.07) is 0. The van der Waals surface area contributed by atoms with E-state index in [1.165, 1.54) is 0 Å². The molecule has 0 radical (unpaired) electrons. The number of hydroxylamine groups is 2. The molecule has 1 heterocycles. The predicted octanol–water partition coefficient (Wildman–Crippen LogP) is 4.27. The molecule has 0 atom stereocenters.